The van der Waals surface area contributed by atoms with E-state index in [1.165, 1.54) is 5.75 Å². The number of hydrogen-bond donors (Lipinski definition) is 1. The Kier molecular flexibility index (Phi) is 3.94. The quantitative estimate of drug-likeness (QED) is 0.913. The molecule has 2 unspecified atom stereocenters. The Hall–Kier alpha value is -1.14. The number of aromatic hydroxyl groups is 1. The summed E-state index contributed by atoms with van der Waals surface area (Å²) in [6.07, 6.45) is 0. The fourth-order valence-electron chi connectivity index (χ4n) is 2.20. The number of aryl methyl sites for hydroxylation is 1. The van der Waals surface area contributed by atoms with Crippen molar-refractivity contribution < 1.29 is 9.63 Å². The van der Waals surface area contributed by atoms with Gasteiger partial charge in [0.25, 0.3) is 5.89 Å². The highest BCUT2D eigenvalue weighted by molar-refractivity contribution is 8.06. The Labute approximate surface area is 126 Å². The van der Waals surface area contributed by atoms with E-state index in [2.05, 4.69) is 17.1 Å². The Balaban J connectivity index is 1.91. The lowest BCUT2D eigenvalue weighted by Gasteiger charge is -2.24. The number of benzene rings is 1. The maximum absolute atomic E-state index is 9.92. The van der Waals surface area contributed by atoms with Gasteiger partial charge in [-0.2, -0.15) is 16.7 Å². The second-order valence-electron chi connectivity index (χ2n) is 4.85. The van der Waals surface area contributed by atoms with Gasteiger partial charge >= 0.3 is 0 Å². The first-order chi connectivity index (χ1) is 9.65. The monoisotopic (exact) mass is 308 g/mol. The molecule has 0 amide bonds. The van der Waals surface area contributed by atoms with E-state index < -0.39 is 0 Å². The van der Waals surface area contributed by atoms with Crippen molar-refractivity contribution in [1.82, 2.24) is 10.1 Å². The molecule has 0 saturated carbocycles. The fraction of sp³-hybridized carbons (Fsp3) is 0.429. The third kappa shape index (κ3) is 2.67. The fourth-order valence-corrected chi connectivity index (χ4v) is 4.88. The molecule has 0 radical (unpaired) electrons. The van der Waals surface area contributed by atoms with Crippen LogP contribution in [0.25, 0.3) is 11.5 Å². The molecule has 1 saturated heterocycles. The van der Waals surface area contributed by atoms with Crippen molar-refractivity contribution in [2.45, 2.75) is 24.3 Å². The minimum absolute atomic E-state index is 0.171. The van der Waals surface area contributed by atoms with Crippen molar-refractivity contribution >= 4 is 23.5 Å². The van der Waals surface area contributed by atoms with Gasteiger partial charge < -0.3 is 9.63 Å². The minimum Gasteiger partial charge on any atom is -0.507 e. The SMILES string of the molecule is Cc1ccc(O)c(-c2nc(C3SCCSC3C)no2)c1. The molecule has 1 aromatic carbocycles. The van der Waals surface area contributed by atoms with Crippen LogP contribution in [0.2, 0.25) is 0 Å². The van der Waals surface area contributed by atoms with E-state index in [0.717, 1.165) is 17.1 Å². The molecule has 4 nitrogen and oxygen atoms in total. The molecular formula is C14H16N2O2S2. The molecule has 2 atom stereocenters. The lowest BCUT2D eigenvalue weighted by molar-refractivity contribution is 0.416. The van der Waals surface area contributed by atoms with Crippen LogP contribution in [0.4, 0.5) is 0 Å². The van der Waals surface area contributed by atoms with Crippen molar-refractivity contribution in [3.8, 4) is 17.2 Å². The Morgan fingerprint density at radius 2 is 2.10 bits per heavy atom. The van der Waals surface area contributed by atoms with Crippen molar-refractivity contribution in [2.24, 2.45) is 0 Å². The molecule has 1 aromatic heterocycles. The van der Waals surface area contributed by atoms with Crippen LogP contribution in [0.1, 0.15) is 23.6 Å². The van der Waals surface area contributed by atoms with Gasteiger partial charge in [0.15, 0.2) is 5.82 Å². The predicted octanol–water partition coefficient (Wildman–Crippen LogP) is 3.66. The molecule has 106 valence electrons. The first kappa shape index (κ1) is 13.8. The molecule has 0 spiro atoms. The van der Waals surface area contributed by atoms with Crippen LogP contribution in [-0.2, 0) is 0 Å². The average molecular weight is 308 g/mol. The summed E-state index contributed by atoms with van der Waals surface area (Å²) in [5.74, 6) is 3.57. The van der Waals surface area contributed by atoms with Crippen molar-refractivity contribution in [2.75, 3.05) is 11.5 Å². The Morgan fingerprint density at radius 3 is 2.90 bits per heavy atom. The number of phenols is 1. The highest BCUT2D eigenvalue weighted by Crippen LogP contribution is 2.42. The van der Waals surface area contributed by atoms with Gasteiger partial charge in [0, 0.05) is 16.8 Å². The van der Waals surface area contributed by atoms with Gasteiger partial charge in [-0.15, -0.1) is 11.8 Å². The molecule has 1 fully saturated rings. The number of phenolic OH excluding ortho intramolecular Hbond substituents is 1. The normalized spacial score (nSPS) is 22.9. The molecule has 20 heavy (non-hydrogen) atoms. The van der Waals surface area contributed by atoms with Crippen molar-refractivity contribution in [1.29, 1.82) is 0 Å². The summed E-state index contributed by atoms with van der Waals surface area (Å²) >= 11 is 3.81. The first-order valence-corrected chi connectivity index (χ1v) is 8.61. The van der Waals surface area contributed by atoms with Gasteiger partial charge in [-0.1, -0.05) is 23.7 Å². The summed E-state index contributed by atoms with van der Waals surface area (Å²) in [5, 5.41) is 14.8. The van der Waals surface area contributed by atoms with Crippen LogP contribution in [0.5, 0.6) is 5.75 Å². The van der Waals surface area contributed by atoms with Gasteiger partial charge in [-0.3, -0.25) is 0 Å². The largest absolute Gasteiger partial charge is 0.507 e. The third-order valence-corrected chi connectivity index (χ3v) is 6.35. The molecule has 1 aliphatic rings. The highest BCUT2D eigenvalue weighted by Gasteiger charge is 2.29. The molecule has 3 rings (SSSR count). The molecule has 0 bridgehead atoms. The topological polar surface area (TPSA) is 59.2 Å². The Morgan fingerprint density at radius 1 is 1.30 bits per heavy atom. The van der Waals surface area contributed by atoms with E-state index in [1.807, 2.05) is 42.6 Å². The van der Waals surface area contributed by atoms with Gasteiger partial charge in [0.1, 0.15) is 5.75 Å². The van der Waals surface area contributed by atoms with E-state index in [-0.39, 0.29) is 11.0 Å². The van der Waals surface area contributed by atoms with E-state index in [1.54, 1.807) is 6.07 Å². The summed E-state index contributed by atoms with van der Waals surface area (Å²) in [6.45, 7) is 4.16. The van der Waals surface area contributed by atoms with Crippen LogP contribution in [-0.4, -0.2) is 32.0 Å². The maximum atomic E-state index is 9.92. The van der Waals surface area contributed by atoms with E-state index in [9.17, 15) is 5.11 Å². The second kappa shape index (κ2) is 5.69. The van der Waals surface area contributed by atoms with Crippen molar-refractivity contribution in [3.05, 3.63) is 29.6 Å². The molecule has 2 heterocycles. The number of thioether (sulfide) groups is 2. The standard InChI is InChI=1S/C14H16N2O2S2/c1-8-3-4-11(17)10(7-8)14-15-13(16-18-14)12-9(2)19-5-6-20-12/h3-4,7,9,12,17H,5-6H2,1-2H3. The first-order valence-electron chi connectivity index (χ1n) is 6.52. The number of nitrogens with zero attached hydrogens (tertiary/aromatic N) is 2. The second-order valence-corrected chi connectivity index (χ2v) is 7.58. The van der Waals surface area contributed by atoms with Crippen LogP contribution in [0, 0.1) is 6.92 Å². The summed E-state index contributed by atoms with van der Waals surface area (Å²) in [5.41, 5.74) is 1.65. The lowest BCUT2D eigenvalue weighted by Crippen LogP contribution is -2.16. The average Bonchev–Trinajstić information content (AvgIpc) is 2.91. The molecule has 0 aliphatic carbocycles. The van der Waals surface area contributed by atoms with E-state index in [0.29, 0.717) is 16.7 Å². The smallest absolute Gasteiger partial charge is 0.261 e. The summed E-state index contributed by atoms with van der Waals surface area (Å²) in [4.78, 5) is 4.48. The maximum Gasteiger partial charge on any atom is 0.261 e. The zero-order valence-electron chi connectivity index (χ0n) is 11.4. The van der Waals surface area contributed by atoms with Gasteiger partial charge in [0.05, 0.1) is 10.8 Å². The molecule has 6 heteroatoms. The zero-order valence-corrected chi connectivity index (χ0v) is 13.0. The minimum atomic E-state index is 0.171. The Bertz CT molecular complexity index is 615. The van der Waals surface area contributed by atoms with Crippen LogP contribution in [0.3, 0.4) is 0 Å². The summed E-state index contributed by atoms with van der Waals surface area (Å²) < 4.78 is 5.34. The predicted molar refractivity (Wildman–Crippen MR) is 83.3 cm³/mol. The summed E-state index contributed by atoms with van der Waals surface area (Å²) in [7, 11) is 0. The van der Waals surface area contributed by atoms with Crippen LogP contribution < -0.4 is 0 Å². The summed E-state index contributed by atoms with van der Waals surface area (Å²) in [6, 6.07) is 5.37. The van der Waals surface area contributed by atoms with E-state index >= 15 is 0 Å². The number of aromatic nitrogens is 2. The van der Waals surface area contributed by atoms with Gasteiger partial charge in [-0.25, -0.2) is 0 Å². The van der Waals surface area contributed by atoms with Gasteiger partial charge in [-0.05, 0) is 19.1 Å². The van der Waals surface area contributed by atoms with Gasteiger partial charge in [0.2, 0.25) is 0 Å². The molecule has 1 N–H and O–H groups in total. The molecule has 2 aromatic rings. The van der Waals surface area contributed by atoms with Crippen LogP contribution >= 0.6 is 23.5 Å². The molecule has 1 aliphatic heterocycles. The van der Waals surface area contributed by atoms with E-state index in [4.69, 9.17) is 4.52 Å². The molecular weight excluding hydrogens is 292 g/mol. The lowest BCUT2D eigenvalue weighted by atomic mass is 10.1. The zero-order chi connectivity index (χ0) is 14.1. The third-order valence-electron chi connectivity index (χ3n) is 3.27. The number of rotatable bonds is 2. The van der Waals surface area contributed by atoms with Crippen LogP contribution in [0.15, 0.2) is 22.7 Å². The van der Waals surface area contributed by atoms with Crippen molar-refractivity contribution in [3.63, 3.8) is 0 Å². The number of hydrogen-bond acceptors (Lipinski definition) is 6. The highest BCUT2D eigenvalue weighted by atomic mass is 32.2.